The van der Waals surface area contributed by atoms with Crippen LogP contribution in [0.4, 0.5) is 35.3 Å². The summed E-state index contributed by atoms with van der Waals surface area (Å²) >= 11 is 23.2. The molecule has 504 valence electrons. The summed E-state index contributed by atoms with van der Waals surface area (Å²) in [6.07, 6.45) is -3.07. The minimum Gasteiger partial charge on any atom is -0.493 e. The molecular formula is C53H56Cl4F3N11O19S3. The van der Waals surface area contributed by atoms with E-state index in [1.807, 2.05) is 0 Å². The maximum absolute atomic E-state index is 12.9. The number of nitrogen functional groups attached to an aromatic ring is 1. The third kappa shape index (κ3) is 20.4. The number of benzene rings is 3. The van der Waals surface area contributed by atoms with Crippen LogP contribution in [0.2, 0.25) is 20.2 Å². The van der Waals surface area contributed by atoms with Crippen LogP contribution in [0.15, 0.2) is 81.6 Å². The summed E-state index contributed by atoms with van der Waals surface area (Å²) in [6.45, 7) is 6.64. The quantitative estimate of drug-likeness (QED) is 0.0217. The lowest BCUT2D eigenvalue weighted by molar-refractivity contribution is -0.148. The van der Waals surface area contributed by atoms with Crippen molar-refractivity contribution in [3.63, 3.8) is 0 Å². The van der Waals surface area contributed by atoms with Gasteiger partial charge >= 0.3 is 36.1 Å². The number of carbonyl (C=O) groups excluding carboxylic acids is 5. The molecular weight excluding hydrogens is 1390 g/mol. The Hall–Kier alpha value is -8.65. The summed E-state index contributed by atoms with van der Waals surface area (Å²) in [5.74, 6) is -4.98. The number of alkyl halides is 3. The highest BCUT2D eigenvalue weighted by Crippen LogP contribution is 2.40. The van der Waals surface area contributed by atoms with Gasteiger partial charge in [0.1, 0.15) is 21.3 Å². The fraction of sp³-hybridized carbons (Fsp3) is 0.302. The van der Waals surface area contributed by atoms with Gasteiger partial charge in [-0.15, -0.1) is 0 Å². The molecule has 7 N–H and O–H groups in total. The number of carboxylic acids is 1. The van der Waals surface area contributed by atoms with E-state index in [2.05, 4.69) is 39.9 Å². The Kier molecular flexibility index (Phi) is 26.3. The summed E-state index contributed by atoms with van der Waals surface area (Å²) in [5, 5.41) is 30.7. The second-order valence-corrected chi connectivity index (χ2v) is 25.9. The molecule has 0 spiro atoms. The number of sulfone groups is 1. The summed E-state index contributed by atoms with van der Waals surface area (Å²) in [4.78, 5) is 81.8. The van der Waals surface area contributed by atoms with Crippen molar-refractivity contribution >= 4 is 135 Å². The van der Waals surface area contributed by atoms with E-state index < -0.39 is 104 Å². The number of carboxylic acid groups (broad SMARTS) is 1. The van der Waals surface area contributed by atoms with Crippen molar-refractivity contribution in [3.8, 4) is 17.6 Å². The SMILES string of the molecule is CCOC(=O)C1=NN(c2ccc(Cl)cc2Cl)C(C)(C(=O)OCC)C1.COC(=O)c1ccc(CNS(C)(=O)=O)cc1S(=O)(=O)NC(=O)Nc1nc(OC)cc(OC)n1.Cc1nn(C)c(O)c1C(=O)c1ccc(C(F)(F)F)cc1S(C)(=O)=O.Nc1cc(Cl)nc(C(=O)O)c1Cl. The van der Waals surface area contributed by atoms with Gasteiger partial charge in [-0.25, -0.2) is 73.3 Å². The normalized spacial score (nSPS) is 13.6. The Morgan fingerprint density at radius 3 is 1.90 bits per heavy atom. The first-order valence-electron chi connectivity index (χ1n) is 25.7. The van der Waals surface area contributed by atoms with Gasteiger partial charge in [-0.05, 0) is 87.9 Å². The molecule has 3 aromatic heterocycles. The van der Waals surface area contributed by atoms with Crippen molar-refractivity contribution in [2.75, 3.05) is 63.1 Å². The molecule has 7 rings (SSSR count). The number of esters is 3. The predicted octanol–water partition coefficient (Wildman–Crippen LogP) is 7.04. The molecule has 2 amide bonds. The zero-order valence-electron chi connectivity index (χ0n) is 50.1. The summed E-state index contributed by atoms with van der Waals surface area (Å²) in [7, 11) is -7.28. The van der Waals surface area contributed by atoms with Crippen LogP contribution in [0.25, 0.3) is 0 Å². The molecule has 1 unspecified atom stereocenters. The van der Waals surface area contributed by atoms with Gasteiger partial charge < -0.3 is 39.6 Å². The summed E-state index contributed by atoms with van der Waals surface area (Å²) in [6, 6.07) is 11.5. The standard InChI is InChI=1S/C17H21N5O9S2.C16H18Cl2N2O4.C14H13F3N2O4S.C6H4Cl2N2O2/c1-29-13-8-14(30-2)20-16(19-13)21-17(24)22-33(27,28)12-7-10(9-18-32(4,25)26)5-6-11(12)15(23)31-3;1-4-23-14(21)12-9-16(3,15(22)24-5-2)20(19-12)13-7-6-10(17)8-11(13)18;1-7-11(13(21)19(2)18-7)12(20)9-5-4-8(14(15,16)17)6-10(9)24(3,22)23;7-3-1-2(9)4(8)5(10-3)6(11)12/h5-8,18H,9H2,1-4H3,(H2,19,20,21,22,24);6-8H,4-5,9H2,1-3H3;4-6,21H,1-3H3;1H,(H2,9,10)(H,11,12). The van der Waals surface area contributed by atoms with E-state index in [9.17, 15) is 72.3 Å². The van der Waals surface area contributed by atoms with Gasteiger partial charge in [0.2, 0.25) is 39.4 Å². The number of aromatic nitrogens is 5. The third-order valence-corrected chi connectivity index (χ3v) is 16.2. The number of ether oxygens (including phenoxy) is 5. The number of nitrogens with one attached hydrogen (secondary N) is 3. The lowest BCUT2D eigenvalue weighted by Crippen LogP contribution is -2.48. The second kappa shape index (κ2) is 31.8. The van der Waals surface area contributed by atoms with E-state index in [0.717, 1.165) is 36.2 Å². The average Bonchev–Trinajstić information content (AvgIpc) is 1.72. The number of pyridine rings is 1. The molecule has 0 aliphatic carbocycles. The lowest BCUT2D eigenvalue weighted by atomic mass is 9.95. The highest BCUT2D eigenvalue weighted by atomic mass is 35.5. The Labute approximate surface area is 548 Å². The van der Waals surface area contributed by atoms with E-state index in [-0.39, 0.29) is 93.5 Å². The molecule has 0 radical (unpaired) electrons. The molecule has 0 saturated heterocycles. The Balaban J connectivity index is 0.000000276. The number of aromatic hydroxyl groups is 1. The minimum absolute atomic E-state index is 0.00861. The third-order valence-electron chi connectivity index (χ3n) is 11.9. The van der Waals surface area contributed by atoms with Crippen LogP contribution in [-0.2, 0) is 73.5 Å². The molecule has 0 saturated carbocycles. The molecule has 4 heterocycles. The van der Waals surface area contributed by atoms with Crippen LogP contribution in [0.5, 0.6) is 17.6 Å². The van der Waals surface area contributed by atoms with Gasteiger partial charge in [-0.1, -0.05) is 52.5 Å². The van der Waals surface area contributed by atoms with Crippen LogP contribution in [0.1, 0.15) is 80.8 Å². The number of aromatic carboxylic acids is 1. The van der Waals surface area contributed by atoms with Gasteiger partial charge in [0, 0.05) is 36.9 Å². The van der Waals surface area contributed by atoms with Crippen molar-refractivity contribution < 1.29 is 101 Å². The molecule has 3 aromatic carbocycles. The van der Waals surface area contributed by atoms with Crippen LogP contribution >= 0.6 is 46.4 Å². The number of hydrogen-bond donors (Lipinski definition) is 6. The predicted molar refractivity (Wildman–Crippen MR) is 330 cm³/mol. The molecule has 40 heteroatoms. The largest absolute Gasteiger partial charge is 0.493 e. The number of sulfonamides is 2. The van der Waals surface area contributed by atoms with Crippen LogP contribution in [0.3, 0.4) is 0 Å². The lowest BCUT2D eigenvalue weighted by Gasteiger charge is -2.32. The number of amides is 2. The van der Waals surface area contributed by atoms with Crippen molar-refractivity contribution in [2.24, 2.45) is 12.1 Å². The van der Waals surface area contributed by atoms with E-state index in [0.29, 0.717) is 34.1 Å². The van der Waals surface area contributed by atoms with Gasteiger partial charge in [0.15, 0.2) is 21.1 Å². The number of nitrogens with two attached hydrogens (primary N) is 1. The number of aryl methyl sites for hydroxylation is 2. The highest BCUT2D eigenvalue weighted by Gasteiger charge is 2.50. The monoisotopic (exact) mass is 1440 g/mol. The van der Waals surface area contributed by atoms with Crippen LogP contribution < -0.4 is 35.0 Å². The summed E-state index contributed by atoms with van der Waals surface area (Å²) in [5.41, 5.74) is 2.55. The maximum Gasteiger partial charge on any atom is 0.416 e. The maximum atomic E-state index is 12.9. The van der Waals surface area contributed by atoms with E-state index >= 15 is 0 Å². The number of methoxy groups -OCH3 is 3. The number of carbonyl (C=O) groups is 6. The van der Waals surface area contributed by atoms with Crippen molar-refractivity contribution in [1.29, 1.82) is 0 Å². The number of urea groups is 1. The van der Waals surface area contributed by atoms with Gasteiger partial charge in [0.05, 0.1) is 90.0 Å². The van der Waals surface area contributed by atoms with Gasteiger partial charge in [-0.3, -0.25) is 10.1 Å². The molecule has 93 heavy (non-hydrogen) atoms. The Morgan fingerprint density at radius 1 is 0.796 bits per heavy atom. The number of nitrogens with zero attached hydrogens (tertiary/aromatic N) is 7. The number of ketones is 1. The van der Waals surface area contributed by atoms with Crippen molar-refractivity contribution in [3.05, 3.63) is 126 Å². The van der Waals surface area contributed by atoms with E-state index in [4.69, 9.17) is 76.2 Å². The van der Waals surface area contributed by atoms with Crippen molar-refractivity contribution in [2.45, 2.75) is 62.2 Å². The number of hydrogen-bond acceptors (Lipinski definition) is 25. The molecule has 1 aliphatic heterocycles. The van der Waals surface area contributed by atoms with Gasteiger partial charge in [-0.2, -0.15) is 33.3 Å². The van der Waals surface area contributed by atoms with E-state index in [1.54, 1.807) is 43.7 Å². The van der Waals surface area contributed by atoms with Crippen molar-refractivity contribution in [1.82, 2.24) is 34.2 Å². The zero-order chi connectivity index (χ0) is 70.5. The molecule has 0 bridgehead atoms. The number of hydrazone groups is 1. The first-order valence-corrected chi connectivity index (χ1v) is 32.5. The number of halogens is 7. The number of rotatable bonds is 18. The topological polar surface area (TPSA) is 426 Å². The van der Waals surface area contributed by atoms with Gasteiger partial charge in [0.25, 0.3) is 10.0 Å². The average molecular weight is 1450 g/mol. The second-order valence-electron chi connectivity index (χ2n) is 18.8. The smallest absolute Gasteiger partial charge is 0.416 e. The number of anilines is 3. The fourth-order valence-corrected chi connectivity index (χ4v) is 11.0. The highest BCUT2D eigenvalue weighted by molar-refractivity contribution is 7.91. The molecule has 0 fully saturated rings. The van der Waals surface area contributed by atoms with Crippen LogP contribution in [0, 0.1) is 6.92 Å². The van der Waals surface area contributed by atoms with E-state index in [1.165, 1.54) is 51.4 Å². The fourth-order valence-electron chi connectivity index (χ4n) is 7.68. The Bertz CT molecular complexity index is 4240. The first-order chi connectivity index (χ1) is 43.1. The minimum atomic E-state index is -4.76. The van der Waals surface area contributed by atoms with Crippen LogP contribution in [-0.4, -0.2) is 154 Å². The molecule has 6 aromatic rings. The first kappa shape index (κ1) is 76.8. The molecule has 1 aliphatic rings. The Morgan fingerprint density at radius 2 is 1.40 bits per heavy atom. The molecule has 30 nitrogen and oxygen atoms in total. The summed E-state index contributed by atoms with van der Waals surface area (Å²) < 4.78 is 140. The zero-order valence-corrected chi connectivity index (χ0v) is 55.6. The molecule has 1 atom stereocenters.